The van der Waals surface area contributed by atoms with Crippen LogP contribution in [0.5, 0.6) is 0 Å². The van der Waals surface area contributed by atoms with Crippen molar-refractivity contribution < 1.29 is 19.5 Å². The van der Waals surface area contributed by atoms with Crippen molar-refractivity contribution >= 4 is 23.5 Å². The highest BCUT2D eigenvalue weighted by molar-refractivity contribution is 6.01. The number of carbonyl (C=O) groups excluding carboxylic acids is 2. The van der Waals surface area contributed by atoms with Gasteiger partial charge in [-0.2, -0.15) is 0 Å². The van der Waals surface area contributed by atoms with Crippen LogP contribution in [0.2, 0.25) is 0 Å². The van der Waals surface area contributed by atoms with Gasteiger partial charge < -0.3 is 15.7 Å². The standard InChI is InChI=1S/C27H32N2O4/c1-26(2,25(32)33)29-23(30)20-10-8-18(9-11-20)19-12-14-22(15-13-19)28-24(31)27(16-17-27)21-6-4-3-5-7-21/h3-7,12-15,18,20H,8-11,16-17H2,1-2H3,(H,28,31)(H,29,30)(H,32,33)/t18-,20-. The maximum Gasteiger partial charge on any atom is 0.328 e. The smallest absolute Gasteiger partial charge is 0.328 e. The van der Waals surface area contributed by atoms with Crippen LogP contribution >= 0.6 is 0 Å². The van der Waals surface area contributed by atoms with Crippen LogP contribution in [0, 0.1) is 5.92 Å². The van der Waals surface area contributed by atoms with Gasteiger partial charge in [0.05, 0.1) is 5.41 Å². The maximum absolute atomic E-state index is 12.9. The van der Waals surface area contributed by atoms with E-state index >= 15 is 0 Å². The predicted molar refractivity (Wildman–Crippen MR) is 127 cm³/mol. The molecule has 6 heteroatoms. The second-order valence-electron chi connectivity index (χ2n) is 9.99. The molecule has 2 saturated carbocycles. The van der Waals surface area contributed by atoms with Gasteiger partial charge in [0.1, 0.15) is 5.54 Å². The summed E-state index contributed by atoms with van der Waals surface area (Å²) >= 11 is 0. The van der Waals surface area contributed by atoms with Gasteiger partial charge in [-0.3, -0.25) is 9.59 Å². The van der Waals surface area contributed by atoms with Crippen LogP contribution < -0.4 is 10.6 Å². The first-order valence-corrected chi connectivity index (χ1v) is 11.7. The summed E-state index contributed by atoms with van der Waals surface area (Å²) in [6, 6.07) is 18.0. The fraction of sp³-hybridized carbons (Fsp3) is 0.444. The predicted octanol–water partition coefficient (Wildman–Crippen LogP) is 4.61. The van der Waals surface area contributed by atoms with E-state index in [1.54, 1.807) is 0 Å². The van der Waals surface area contributed by atoms with Crippen LogP contribution in [0.3, 0.4) is 0 Å². The summed E-state index contributed by atoms with van der Waals surface area (Å²) in [6.45, 7) is 3.01. The lowest BCUT2D eigenvalue weighted by Gasteiger charge is -2.30. The quantitative estimate of drug-likeness (QED) is 0.576. The van der Waals surface area contributed by atoms with Gasteiger partial charge in [-0.1, -0.05) is 42.5 Å². The third kappa shape index (κ3) is 4.95. The van der Waals surface area contributed by atoms with Crippen molar-refractivity contribution in [1.29, 1.82) is 0 Å². The maximum atomic E-state index is 12.9. The molecule has 2 aromatic carbocycles. The fourth-order valence-electron chi connectivity index (χ4n) is 4.77. The van der Waals surface area contributed by atoms with E-state index in [0.29, 0.717) is 5.92 Å². The SMILES string of the molecule is CC(C)(NC(=O)[C@H]1CC[C@H](c2ccc(NC(=O)C3(c4ccccc4)CC3)cc2)CC1)C(=O)O. The summed E-state index contributed by atoms with van der Waals surface area (Å²) in [5.74, 6) is -0.937. The average Bonchev–Trinajstić information content (AvgIpc) is 3.62. The summed E-state index contributed by atoms with van der Waals surface area (Å²) in [5.41, 5.74) is 1.44. The van der Waals surface area contributed by atoms with Gasteiger partial charge in [-0.25, -0.2) is 4.79 Å². The fourth-order valence-corrected chi connectivity index (χ4v) is 4.77. The van der Waals surface area contributed by atoms with E-state index in [1.165, 1.54) is 19.4 Å². The zero-order chi connectivity index (χ0) is 23.6. The van der Waals surface area contributed by atoms with E-state index in [4.69, 9.17) is 0 Å². The first-order valence-electron chi connectivity index (χ1n) is 11.7. The second-order valence-corrected chi connectivity index (χ2v) is 9.99. The number of aliphatic carboxylic acids is 1. The van der Waals surface area contributed by atoms with Crippen molar-refractivity contribution in [2.24, 2.45) is 5.92 Å². The van der Waals surface area contributed by atoms with E-state index in [-0.39, 0.29) is 17.7 Å². The molecule has 2 fully saturated rings. The molecule has 2 amide bonds. The molecule has 3 N–H and O–H groups in total. The lowest BCUT2D eigenvalue weighted by Crippen LogP contribution is -2.51. The number of carboxylic acids is 1. The number of anilines is 1. The topological polar surface area (TPSA) is 95.5 Å². The van der Waals surface area contributed by atoms with E-state index in [9.17, 15) is 19.5 Å². The van der Waals surface area contributed by atoms with Crippen molar-refractivity contribution in [2.75, 3.05) is 5.32 Å². The third-order valence-electron chi connectivity index (χ3n) is 7.22. The first-order chi connectivity index (χ1) is 15.7. The van der Waals surface area contributed by atoms with Gasteiger partial charge in [0.15, 0.2) is 0 Å². The number of nitrogens with one attached hydrogen (secondary N) is 2. The Morgan fingerprint density at radius 2 is 1.52 bits per heavy atom. The Balaban J connectivity index is 1.31. The Morgan fingerprint density at radius 1 is 0.909 bits per heavy atom. The molecular formula is C27H32N2O4. The number of benzene rings is 2. The van der Waals surface area contributed by atoms with Gasteiger partial charge in [-0.15, -0.1) is 0 Å². The first kappa shape index (κ1) is 23.0. The Kier molecular flexibility index (Phi) is 6.28. The van der Waals surface area contributed by atoms with Crippen molar-refractivity contribution in [3.63, 3.8) is 0 Å². The monoisotopic (exact) mass is 448 g/mol. The summed E-state index contributed by atoms with van der Waals surface area (Å²) in [6.07, 6.45) is 5.00. The Hall–Kier alpha value is -3.15. The van der Waals surface area contributed by atoms with Gasteiger partial charge in [0.25, 0.3) is 0 Å². The van der Waals surface area contributed by atoms with Crippen LogP contribution in [0.25, 0.3) is 0 Å². The lowest BCUT2D eigenvalue weighted by molar-refractivity contribution is -0.146. The summed E-state index contributed by atoms with van der Waals surface area (Å²) < 4.78 is 0. The molecule has 0 aliphatic heterocycles. The summed E-state index contributed by atoms with van der Waals surface area (Å²) in [4.78, 5) is 36.7. The molecule has 0 bridgehead atoms. The summed E-state index contributed by atoms with van der Waals surface area (Å²) in [5, 5.41) is 15.0. The van der Waals surface area contributed by atoms with E-state index in [0.717, 1.165) is 49.8 Å². The van der Waals surface area contributed by atoms with Crippen LogP contribution in [0.1, 0.15) is 69.4 Å². The molecule has 2 aromatic rings. The highest BCUT2D eigenvalue weighted by Crippen LogP contribution is 2.49. The van der Waals surface area contributed by atoms with Crippen LogP contribution in [0.15, 0.2) is 54.6 Å². The number of rotatable bonds is 7. The molecule has 0 aromatic heterocycles. The van der Waals surface area contributed by atoms with E-state index in [1.807, 2.05) is 42.5 Å². The number of hydrogen-bond acceptors (Lipinski definition) is 3. The van der Waals surface area contributed by atoms with Gasteiger partial charge in [0.2, 0.25) is 11.8 Å². The van der Waals surface area contributed by atoms with E-state index in [2.05, 4.69) is 22.8 Å². The minimum absolute atomic E-state index is 0.0530. The summed E-state index contributed by atoms with van der Waals surface area (Å²) in [7, 11) is 0. The Labute approximate surface area is 194 Å². The molecule has 33 heavy (non-hydrogen) atoms. The van der Waals surface area contributed by atoms with Crippen molar-refractivity contribution in [2.45, 2.75) is 69.2 Å². The molecule has 0 atom stereocenters. The van der Waals surface area contributed by atoms with Crippen molar-refractivity contribution in [3.8, 4) is 0 Å². The zero-order valence-electron chi connectivity index (χ0n) is 19.3. The highest BCUT2D eigenvalue weighted by atomic mass is 16.4. The van der Waals surface area contributed by atoms with Gasteiger partial charge in [-0.05, 0) is 81.5 Å². The molecule has 2 aliphatic rings. The van der Waals surface area contributed by atoms with Gasteiger partial charge in [0, 0.05) is 11.6 Å². The molecule has 0 unspecified atom stereocenters. The minimum atomic E-state index is -1.26. The molecule has 4 rings (SSSR count). The average molecular weight is 449 g/mol. The molecule has 0 saturated heterocycles. The van der Waals surface area contributed by atoms with Gasteiger partial charge >= 0.3 is 5.97 Å². The second kappa shape index (κ2) is 9.00. The van der Waals surface area contributed by atoms with Crippen LogP contribution in [0.4, 0.5) is 5.69 Å². The number of amides is 2. The zero-order valence-corrected chi connectivity index (χ0v) is 19.3. The largest absolute Gasteiger partial charge is 0.480 e. The third-order valence-corrected chi connectivity index (χ3v) is 7.22. The molecular weight excluding hydrogens is 416 g/mol. The number of hydrogen-bond donors (Lipinski definition) is 3. The number of carboxylic acid groups (broad SMARTS) is 1. The molecule has 0 radical (unpaired) electrons. The molecule has 0 spiro atoms. The highest BCUT2D eigenvalue weighted by Gasteiger charge is 2.51. The molecule has 6 nitrogen and oxygen atoms in total. The van der Waals surface area contributed by atoms with E-state index < -0.39 is 16.9 Å². The Morgan fingerprint density at radius 3 is 2.06 bits per heavy atom. The van der Waals surface area contributed by atoms with Crippen LogP contribution in [-0.2, 0) is 19.8 Å². The lowest BCUT2D eigenvalue weighted by atomic mass is 9.78. The molecule has 0 heterocycles. The van der Waals surface area contributed by atoms with Crippen molar-refractivity contribution in [3.05, 3.63) is 65.7 Å². The normalized spacial score (nSPS) is 21.6. The van der Waals surface area contributed by atoms with Crippen molar-refractivity contribution in [1.82, 2.24) is 5.32 Å². The number of carbonyl (C=O) groups is 3. The minimum Gasteiger partial charge on any atom is -0.480 e. The molecule has 2 aliphatic carbocycles. The van der Waals surface area contributed by atoms with Crippen LogP contribution in [-0.4, -0.2) is 28.4 Å². The molecule has 174 valence electrons. The Bertz CT molecular complexity index is 1020.